The minimum Gasteiger partial charge on any atom is -0.505 e. The lowest BCUT2D eigenvalue weighted by atomic mass is 10.1. The highest BCUT2D eigenvalue weighted by Crippen LogP contribution is 2.47. The number of amides is 1. The van der Waals surface area contributed by atoms with E-state index in [2.05, 4.69) is 24.9 Å². The van der Waals surface area contributed by atoms with Gasteiger partial charge in [0.2, 0.25) is 0 Å². The van der Waals surface area contributed by atoms with Crippen molar-refractivity contribution in [3.05, 3.63) is 90.5 Å². The molecule has 0 aliphatic heterocycles. The molecule has 17 heteroatoms. The van der Waals surface area contributed by atoms with Crippen LogP contribution in [0.4, 0.5) is 17.1 Å². The standard InChI is InChI=1S/C27H19N3O11S3/c31-25-23-17(12-18(43(34,35)36)14-21(23)28-27(32)16-7-2-1-3-8-16)13-22(42-41-40-33)24(25)30-29-20-11-10-15-6-4-5-9-19(15)26(20)44(37,38)39/h1-14,31,33H,(H,28,32)(H,34,35,36)(H,37,38,39). The van der Waals surface area contributed by atoms with Gasteiger partial charge in [-0.1, -0.05) is 53.6 Å². The first kappa shape index (κ1) is 31.0. The zero-order valence-corrected chi connectivity index (χ0v) is 24.3. The molecular formula is C27H19N3O11S3. The number of hydrogen-bond acceptors (Lipinski definition) is 12. The molecule has 0 heterocycles. The fourth-order valence-electron chi connectivity index (χ4n) is 4.39. The van der Waals surface area contributed by atoms with Crippen LogP contribution in [0.5, 0.6) is 5.75 Å². The molecule has 5 aromatic rings. The van der Waals surface area contributed by atoms with E-state index >= 15 is 0 Å². The first-order chi connectivity index (χ1) is 20.9. The van der Waals surface area contributed by atoms with Crippen LogP contribution in [-0.4, -0.2) is 42.2 Å². The van der Waals surface area contributed by atoms with Crippen molar-refractivity contribution in [2.24, 2.45) is 10.2 Å². The van der Waals surface area contributed by atoms with Crippen LogP contribution in [0.15, 0.2) is 110 Å². The molecule has 0 spiro atoms. The lowest BCUT2D eigenvalue weighted by Crippen LogP contribution is -2.13. The van der Waals surface area contributed by atoms with E-state index in [1.165, 1.54) is 36.4 Å². The average Bonchev–Trinajstić information content (AvgIpc) is 2.98. The quantitative estimate of drug-likeness (QED) is 0.0388. The lowest BCUT2D eigenvalue weighted by Gasteiger charge is -2.15. The number of phenolic OH excluding ortho intramolecular Hbond substituents is 1. The number of carbonyl (C=O) groups is 1. The topological polar surface area (TPSA) is 221 Å². The number of benzene rings is 5. The summed E-state index contributed by atoms with van der Waals surface area (Å²) in [6.07, 6.45) is 0. The van der Waals surface area contributed by atoms with Gasteiger partial charge in [-0.2, -0.15) is 16.8 Å². The van der Waals surface area contributed by atoms with Crippen LogP contribution in [0.1, 0.15) is 10.4 Å². The fraction of sp³-hybridized carbons (Fsp3) is 0. The molecule has 0 atom stereocenters. The first-order valence-corrected chi connectivity index (χ1v) is 15.7. The molecule has 0 aliphatic rings. The van der Waals surface area contributed by atoms with E-state index in [4.69, 9.17) is 5.26 Å². The maximum Gasteiger partial charge on any atom is 0.297 e. The summed E-state index contributed by atoms with van der Waals surface area (Å²) in [5.74, 6) is -1.39. The largest absolute Gasteiger partial charge is 0.505 e. The molecule has 0 bridgehead atoms. The van der Waals surface area contributed by atoms with Crippen LogP contribution in [0.3, 0.4) is 0 Å². The molecule has 0 saturated carbocycles. The zero-order valence-electron chi connectivity index (χ0n) is 21.8. The summed E-state index contributed by atoms with van der Waals surface area (Å²) in [5.41, 5.74) is -0.769. The van der Waals surface area contributed by atoms with Gasteiger partial charge in [0.25, 0.3) is 26.1 Å². The van der Waals surface area contributed by atoms with E-state index in [1.807, 2.05) is 0 Å². The van der Waals surface area contributed by atoms with E-state index in [1.54, 1.807) is 36.4 Å². The Morgan fingerprint density at radius 3 is 2.20 bits per heavy atom. The van der Waals surface area contributed by atoms with E-state index in [-0.39, 0.29) is 38.0 Å². The molecule has 5 rings (SSSR count). The number of anilines is 1. The van der Waals surface area contributed by atoms with Crippen LogP contribution in [-0.2, 0) is 29.6 Å². The van der Waals surface area contributed by atoms with Crippen molar-refractivity contribution < 1.29 is 50.5 Å². The van der Waals surface area contributed by atoms with Gasteiger partial charge in [-0.05, 0) is 47.2 Å². The van der Waals surface area contributed by atoms with Crippen molar-refractivity contribution in [3.63, 3.8) is 0 Å². The van der Waals surface area contributed by atoms with E-state index in [0.717, 1.165) is 12.1 Å². The summed E-state index contributed by atoms with van der Waals surface area (Å²) < 4.78 is 73.0. The molecule has 0 unspecified atom stereocenters. The Balaban J connectivity index is 1.74. The van der Waals surface area contributed by atoms with Gasteiger partial charge in [-0.15, -0.1) is 14.6 Å². The maximum atomic E-state index is 13.0. The minimum atomic E-state index is -4.83. The number of rotatable bonds is 9. The van der Waals surface area contributed by atoms with Crippen molar-refractivity contribution in [3.8, 4) is 5.75 Å². The highest BCUT2D eigenvalue weighted by molar-refractivity contribution is 7.94. The molecule has 44 heavy (non-hydrogen) atoms. The Labute approximate surface area is 253 Å². The predicted molar refractivity (Wildman–Crippen MR) is 158 cm³/mol. The first-order valence-electron chi connectivity index (χ1n) is 12.1. The number of azo groups is 1. The van der Waals surface area contributed by atoms with Crippen molar-refractivity contribution >= 4 is 76.8 Å². The van der Waals surface area contributed by atoms with Crippen LogP contribution in [0.2, 0.25) is 0 Å². The summed E-state index contributed by atoms with van der Waals surface area (Å²) >= 11 is 0.301. The lowest BCUT2D eigenvalue weighted by molar-refractivity contribution is -0.432. The highest BCUT2D eigenvalue weighted by Gasteiger charge is 2.24. The monoisotopic (exact) mass is 657 g/mol. The Morgan fingerprint density at radius 2 is 1.52 bits per heavy atom. The fourth-order valence-corrected chi connectivity index (χ4v) is 6.26. The summed E-state index contributed by atoms with van der Waals surface area (Å²) in [4.78, 5) is 11.6. The third-order valence-electron chi connectivity index (χ3n) is 6.23. The summed E-state index contributed by atoms with van der Waals surface area (Å²) in [5, 5.41) is 34.6. The number of nitrogens with zero attached hydrogens (tertiary/aromatic N) is 2. The van der Waals surface area contributed by atoms with Gasteiger partial charge in [0.15, 0.2) is 5.75 Å². The summed E-state index contributed by atoms with van der Waals surface area (Å²) in [6, 6.07) is 20.1. The highest BCUT2D eigenvalue weighted by atomic mass is 32.2. The van der Waals surface area contributed by atoms with Crippen molar-refractivity contribution in [1.29, 1.82) is 0 Å². The second-order valence-corrected chi connectivity index (χ2v) is 12.5. The second-order valence-electron chi connectivity index (χ2n) is 8.97. The molecule has 0 fully saturated rings. The molecular weight excluding hydrogens is 639 g/mol. The number of nitrogens with one attached hydrogen (secondary N) is 1. The normalized spacial score (nSPS) is 12.2. The molecule has 5 aromatic carbocycles. The van der Waals surface area contributed by atoms with E-state index < -0.39 is 47.4 Å². The van der Waals surface area contributed by atoms with Gasteiger partial charge in [0, 0.05) is 16.3 Å². The summed E-state index contributed by atoms with van der Waals surface area (Å²) in [7, 11) is -9.64. The third-order valence-corrected chi connectivity index (χ3v) is 8.63. The Bertz CT molecular complexity index is 2170. The van der Waals surface area contributed by atoms with Crippen LogP contribution in [0.25, 0.3) is 21.5 Å². The molecule has 0 radical (unpaired) electrons. The van der Waals surface area contributed by atoms with Crippen LogP contribution in [0, 0.1) is 0 Å². The van der Waals surface area contributed by atoms with Crippen LogP contribution >= 0.6 is 12.0 Å². The third kappa shape index (κ3) is 6.39. The van der Waals surface area contributed by atoms with Gasteiger partial charge in [-0.25, -0.2) is 5.26 Å². The minimum absolute atomic E-state index is 0.0479. The van der Waals surface area contributed by atoms with Crippen LogP contribution < -0.4 is 5.32 Å². The molecule has 0 aromatic heterocycles. The Hall–Kier alpha value is -4.46. The molecule has 0 aliphatic carbocycles. The molecule has 1 amide bonds. The van der Waals surface area contributed by atoms with Gasteiger partial charge >= 0.3 is 0 Å². The zero-order chi connectivity index (χ0) is 31.6. The summed E-state index contributed by atoms with van der Waals surface area (Å²) in [6.45, 7) is 0. The number of carbonyl (C=O) groups excluding carboxylic acids is 1. The molecule has 14 nitrogen and oxygen atoms in total. The molecule has 226 valence electrons. The Kier molecular flexibility index (Phi) is 8.64. The predicted octanol–water partition coefficient (Wildman–Crippen LogP) is 6.29. The van der Waals surface area contributed by atoms with Crippen molar-refractivity contribution in [1.82, 2.24) is 0 Å². The second kappa shape index (κ2) is 12.3. The molecule has 5 N–H and O–H groups in total. The van der Waals surface area contributed by atoms with E-state index in [9.17, 15) is 35.8 Å². The van der Waals surface area contributed by atoms with Gasteiger partial charge in [0.1, 0.15) is 16.3 Å². The number of hydrogen-bond donors (Lipinski definition) is 5. The smallest absolute Gasteiger partial charge is 0.297 e. The van der Waals surface area contributed by atoms with Crippen molar-refractivity contribution in [2.75, 3.05) is 5.32 Å². The number of fused-ring (bicyclic) bond motifs is 2. The van der Waals surface area contributed by atoms with Gasteiger partial charge < -0.3 is 10.4 Å². The SMILES string of the molecule is O=C(Nc1cc(S(=O)(=O)O)cc2cc(SOOO)c(N=Nc3ccc4ccccc4c3S(=O)(=O)O)c(O)c12)c1ccccc1. The number of phenols is 1. The van der Waals surface area contributed by atoms with E-state index in [0.29, 0.717) is 17.4 Å². The van der Waals surface area contributed by atoms with Gasteiger partial charge in [-0.3, -0.25) is 13.9 Å². The molecule has 0 saturated heterocycles. The number of aromatic hydroxyl groups is 1. The average molecular weight is 658 g/mol. The Morgan fingerprint density at radius 1 is 0.818 bits per heavy atom. The van der Waals surface area contributed by atoms with Gasteiger partial charge in [0.05, 0.1) is 27.5 Å². The maximum absolute atomic E-state index is 13.0. The van der Waals surface area contributed by atoms with Crippen molar-refractivity contribution in [2.45, 2.75) is 14.7 Å².